The van der Waals surface area contributed by atoms with Gasteiger partial charge in [-0.25, -0.2) is 0 Å². The third-order valence-electron chi connectivity index (χ3n) is 0.487. The molecule has 57 valence electrons. The fourth-order valence-corrected chi connectivity index (χ4v) is 0.401. The standard InChI is InChI=1S/C4H9Cl.C3H9Si/c1-2-3-4-5;1-4(2)3/h2-4H2,1H3;1-3H3. The molecule has 0 N–H and O–H groups in total. The average Bonchev–Trinajstić information content (AvgIpc) is 1.66. The number of halogens is 1. The summed E-state index contributed by atoms with van der Waals surface area (Å²) < 4.78 is 0. The van der Waals surface area contributed by atoms with Crippen molar-refractivity contribution in [1.82, 2.24) is 0 Å². The highest BCUT2D eigenvalue weighted by Gasteiger charge is 1.72. The van der Waals surface area contributed by atoms with Gasteiger partial charge in [0.2, 0.25) is 0 Å². The molecule has 0 amide bonds. The molecule has 0 aromatic heterocycles. The molecule has 0 aliphatic rings. The van der Waals surface area contributed by atoms with E-state index in [0.717, 1.165) is 12.3 Å². The molecule has 0 saturated carbocycles. The molecule has 0 atom stereocenters. The largest absolute Gasteiger partial charge is 0.127 e. The number of unbranched alkanes of at least 4 members (excludes halogenated alkanes) is 1. The lowest BCUT2D eigenvalue weighted by Crippen LogP contribution is -1.84. The van der Waals surface area contributed by atoms with Gasteiger partial charge in [0.1, 0.15) is 0 Å². The molecular formula is C7H18ClSi. The van der Waals surface area contributed by atoms with E-state index in [4.69, 9.17) is 11.6 Å². The molecule has 9 heavy (non-hydrogen) atoms. The van der Waals surface area contributed by atoms with Gasteiger partial charge in [-0.1, -0.05) is 33.0 Å². The highest BCUT2D eigenvalue weighted by Crippen LogP contribution is 1.86. The van der Waals surface area contributed by atoms with Gasteiger partial charge in [0.25, 0.3) is 0 Å². The molecule has 0 aliphatic heterocycles. The van der Waals surface area contributed by atoms with Crippen LogP contribution >= 0.6 is 11.6 Å². The van der Waals surface area contributed by atoms with Gasteiger partial charge in [0.15, 0.2) is 0 Å². The molecule has 0 bridgehead atoms. The number of rotatable bonds is 2. The first-order chi connectivity index (χ1) is 4.15. The van der Waals surface area contributed by atoms with Gasteiger partial charge in [-0.2, -0.15) is 0 Å². The van der Waals surface area contributed by atoms with Crippen LogP contribution in [0.1, 0.15) is 19.8 Å². The topological polar surface area (TPSA) is 0 Å². The number of hydrogen-bond acceptors (Lipinski definition) is 0. The fraction of sp³-hybridized carbons (Fsp3) is 1.00. The van der Waals surface area contributed by atoms with Crippen molar-refractivity contribution in [2.45, 2.75) is 39.4 Å². The van der Waals surface area contributed by atoms with Crippen LogP contribution in [0.4, 0.5) is 0 Å². The lowest BCUT2D eigenvalue weighted by molar-refractivity contribution is 0.892. The summed E-state index contributed by atoms with van der Waals surface area (Å²) in [5.41, 5.74) is 0. The Balaban J connectivity index is 0. The summed E-state index contributed by atoms with van der Waals surface area (Å²) in [6.07, 6.45) is 2.37. The summed E-state index contributed by atoms with van der Waals surface area (Å²) in [7, 11) is 0.120. The Bertz CT molecular complexity index is 33.1. The Labute approximate surface area is 66.2 Å². The van der Waals surface area contributed by atoms with Crippen LogP contribution in [0.15, 0.2) is 0 Å². The fourth-order valence-electron chi connectivity index (χ4n) is 0.134. The van der Waals surface area contributed by atoms with E-state index in [2.05, 4.69) is 26.6 Å². The SMILES string of the molecule is CCCCCl.C[Si](C)C. The first-order valence-electron chi connectivity index (χ1n) is 3.47. The van der Waals surface area contributed by atoms with Crippen molar-refractivity contribution in [1.29, 1.82) is 0 Å². The summed E-state index contributed by atoms with van der Waals surface area (Å²) in [5.74, 6) is 0.816. The zero-order valence-corrected chi connectivity index (χ0v) is 8.76. The Hall–Kier alpha value is 0.507. The van der Waals surface area contributed by atoms with E-state index in [1.54, 1.807) is 0 Å². The van der Waals surface area contributed by atoms with Crippen molar-refractivity contribution in [2.75, 3.05) is 5.88 Å². The summed E-state index contributed by atoms with van der Waals surface area (Å²) in [6, 6.07) is 0. The molecule has 0 unspecified atom stereocenters. The minimum absolute atomic E-state index is 0.120. The third-order valence-corrected chi connectivity index (χ3v) is 0.754. The smallest absolute Gasteiger partial charge is 0.0379 e. The first-order valence-corrected chi connectivity index (χ1v) is 7.01. The van der Waals surface area contributed by atoms with E-state index >= 15 is 0 Å². The molecule has 0 saturated heterocycles. The van der Waals surface area contributed by atoms with Crippen molar-refractivity contribution < 1.29 is 0 Å². The van der Waals surface area contributed by atoms with E-state index in [0.29, 0.717) is 0 Å². The molecule has 0 rings (SSSR count). The van der Waals surface area contributed by atoms with E-state index in [-0.39, 0.29) is 8.80 Å². The van der Waals surface area contributed by atoms with E-state index in [1.807, 2.05) is 0 Å². The van der Waals surface area contributed by atoms with Crippen LogP contribution < -0.4 is 0 Å². The second-order valence-electron chi connectivity index (χ2n) is 2.54. The van der Waals surface area contributed by atoms with Gasteiger partial charge in [-0.05, 0) is 6.42 Å². The lowest BCUT2D eigenvalue weighted by Gasteiger charge is -1.77. The van der Waals surface area contributed by atoms with Crippen LogP contribution in [0.25, 0.3) is 0 Å². The van der Waals surface area contributed by atoms with Crippen molar-refractivity contribution in [3.8, 4) is 0 Å². The Kier molecular flexibility index (Phi) is 15.4. The van der Waals surface area contributed by atoms with Gasteiger partial charge in [-0.15, -0.1) is 11.6 Å². The molecule has 0 heterocycles. The van der Waals surface area contributed by atoms with Gasteiger partial charge in [0, 0.05) is 14.7 Å². The number of alkyl halides is 1. The normalized spacial score (nSPS) is 8.67. The summed E-state index contributed by atoms with van der Waals surface area (Å²) in [6.45, 7) is 8.93. The van der Waals surface area contributed by atoms with Crippen LogP contribution in [-0.2, 0) is 0 Å². The predicted molar refractivity (Wildman–Crippen MR) is 49.0 cm³/mol. The van der Waals surface area contributed by atoms with Crippen LogP contribution in [0.3, 0.4) is 0 Å². The monoisotopic (exact) mass is 165 g/mol. The molecule has 0 aromatic carbocycles. The summed E-state index contributed by atoms with van der Waals surface area (Å²) in [4.78, 5) is 0. The molecule has 2 heteroatoms. The van der Waals surface area contributed by atoms with Crippen LogP contribution in [0.2, 0.25) is 19.6 Å². The van der Waals surface area contributed by atoms with Gasteiger partial charge < -0.3 is 0 Å². The highest BCUT2D eigenvalue weighted by atomic mass is 35.5. The molecule has 0 aliphatic carbocycles. The highest BCUT2D eigenvalue weighted by molar-refractivity contribution is 6.54. The van der Waals surface area contributed by atoms with Crippen molar-refractivity contribution >= 4 is 20.4 Å². The molecular weight excluding hydrogens is 148 g/mol. The van der Waals surface area contributed by atoms with Crippen molar-refractivity contribution in [2.24, 2.45) is 0 Å². The molecule has 1 radical (unpaired) electrons. The maximum absolute atomic E-state index is 5.30. The predicted octanol–water partition coefficient (Wildman–Crippen LogP) is 3.40. The Morgan fingerprint density at radius 1 is 1.22 bits per heavy atom. The Morgan fingerprint density at radius 3 is 1.56 bits per heavy atom. The van der Waals surface area contributed by atoms with Crippen molar-refractivity contribution in [3.63, 3.8) is 0 Å². The molecule has 0 fully saturated rings. The zero-order valence-electron chi connectivity index (χ0n) is 7.00. The molecule has 0 spiro atoms. The molecule has 0 aromatic rings. The third kappa shape index (κ3) is 57.3. The second kappa shape index (κ2) is 11.3. The van der Waals surface area contributed by atoms with E-state index in [9.17, 15) is 0 Å². The number of hydrogen-bond donors (Lipinski definition) is 0. The van der Waals surface area contributed by atoms with Crippen LogP contribution in [0.5, 0.6) is 0 Å². The van der Waals surface area contributed by atoms with Crippen LogP contribution in [-0.4, -0.2) is 14.7 Å². The van der Waals surface area contributed by atoms with Gasteiger partial charge in [-0.3, -0.25) is 0 Å². The van der Waals surface area contributed by atoms with Gasteiger partial charge in [0.05, 0.1) is 0 Å². The zero-order chi connectivity index (χ0) is 7.70. The van der Waals surface area contributed by atoms with Crippen molar-refractivity contribution in [3.05, 3.63) is 0 Å². The van der Waals surface area contributed by atoms with Crippen LogP contribution in [0, 0.1) is 0 Å². The maximum atomic E-state index is 5.30. The minimum Gasteiger partial charge on any atom is -0.127 e. The quantitative estimate of drug-likeness (QED) is 0.435. The first kappa shape index (κ1) is 12.2. The maximum Gasteiger partial charge on any atom is 0.0379 e. The summed E-state index contributed by atoms with van der Waals surface area (Å²) in [5, 5.41) is 0. The Morgan fingerprint density at radius 2 is 1.56 bits per heavy atom. The average molecular weight is 166 g/mol. The summed E-state index contributed by atoms with van der Waals surface area (Å²) >= 11 is 5.30. The molecule has 0 nitrogen and oxygen atoms in total. The van der Waals surface area contributed by atoms with Gasteiger partial charge >= 0.3 is 0 Å². The van der Waals surface area contributed by atoms with E-state index in [1.165, 1.54) is 6.42 Å². The lowest BCUT2D eigenvalue weighted by atomic mass is 10.4. The minimum atomic E-state index is 0.120. The second-order valence-corrected chi connectivity index (χ2v) is 5.92. The van der Waals surface area contributed by atoms with E-state index < -0.39 is 0 Å².